The quantitative estimate of drug-likeness (QED) is 0.722. The van der Waals surface area contributed by atoms with Crippen LogP contribution >= 0.6 is 0 Å². The summed E-state index contributed by atoms with van der Waals surface area (Å²) >= 11 is 0. The average Bonchev–Trinajstić information content (AvgIpc) is 2.87. The van der Waals surface area contributed by atoms with Gasteiger partial charge >= 0.3 is 12.1 Å². The Morgan fingerprint density at radius 3 is 2.50 bits per heavy atom. The highest BCUT2D eigenvalue weighted by atomic mass is 19.4. The number of nitrogens with one attached hydrogen (secondary N) is 2. The van der Waals surface area contributed by atoms with Crippen LogP contribution in [0.15, 0.2) is 0 Å². The smallest absolute Gasteiger partial charge is 0.422 e. The fourth-order valence-electron chi connectivity index (χ4n) is 3.04. The number of fused-ring (bicyclic) bond motifs is 1. The lowest BCUT2D eigenvalue weighted by Crippen LogP contribution is -2.64. The topological polar surface area (TPSA) is 78.4 Å². The van der Waals surface area contributed by atoms with Gasteiger partial charge in [0, 0.05) is 0 Å². The molecule has 1 amide bonds. The van der Waals surface area contributed by atoms with Gasteiger partial charge in [-0.15, -0.1) is 0 Å². The molecule has 0 radical (unpaired) electrons. The Morgan fingerprint density at radius 2 is 1.95 bits per heavy atom. The van der Waals surface area contributed by atoms with E-state index in [9.17, 15) is 22.8 Å². The van der Waals surface area contributed by atoms with Gasteiger partial charge in [-0.2, -0.15) is 13.2 Å². The minimum absolute atomic E-state index is 0.00118. The van der Waals surface area contributed by atoms with Gasteiger partial charge in [0.15, 0.2) is 0 Å². The summed E-state index contributed by atoms with van der Waals surface area (Å²) in [6.45, 7) is 1.06. The van der Waals surface area contributed by atoms with Crippen molar-refractivity contribution in [2.45, 2.75) is 43.9 Å². The Morgan fingerprint density at radius 1 is 1.30 bits per heavy atom. The summed E-state index contributed by atoms with van der Waals surface area (Å²) in [5.74, 6) is -2.70. The van der Waals surface area contributed by atoms with Crippen molar-refractivity contribution in [2.24, 2.45) is 11.8 Å². The lowest BCUT2D eigenvalue weighted by Gasteiger charge is -2.30. The molecule has 1 heterocycles. The maximum Gasteiger partial charge on any atom is 0.422 e. The van der Waals surface area contributed by atoms with Crippen molar-refractivity contribution < 1.29 is 27.9 Å². The second-order valence-electron chi connectivity index (χ2n) is 5.66. The van der Waals surface area contributed by atoms with Crippen LogP contribution in [0.3, 0.4) is 0 Å². The third-order valence-corrected chi connectivity index (χ3v) is 4.40. The zero-order chi connectivity index (χ0) is 15.1. The molecule has 8 heteroatoms. The first-order valence-electron chi connectivity index (χ1n) is 6.52. The van der Waals surface area contributed by atoms with Crippen LogP contribution in [-0.4, -0.2) is 41.3 Å². The lowest BCUT2D eigenvalue weighted by molar-refractivity contribution is -0.207. The SMILES string of the molecule is CC(NC(=O)C1NCC2CCCC21)(C(=O)O)C(F)(F)F. The molecule has 2 fully saturated rings. The second kappa shape index (κ2) is 4.91. The van der Waals surface area contributed by atoms with Crippen LogP contribution in [0.25, 0.3) is 0 Å². The van der Waals surface area contributed by atoms with Gasteiger partial charge in [0.2, 0.25) is 11.4 Å². The van der Waals surface area contributed by atoms with E-state index in [0.29, 0.717) is 19.4 Å². The fraction of sp³-hybridized carbons (Fsp3) is 0.833. The monoisotopic (exact) mass is 294 g/mol. The molecule has 1 saturated heterocycles. The highest BCUT2D eigenvalue weighted by Crippen LogP contribution is 2.38. The molecule has 0 aromatic heterocycles. The zero-order valence-corrected chi connectivity index (χ0v) is 11.0. The normalized spacial score (nSPS) is 32.5. The molecule has 20 heavy (non-hydrogen) atoms. The zero-order valence-electron chi connectivity index (χ0n) is 11.0. The number of rotatable bonds is 3. The average molecular weight is 294 g/mol. The van der Waals surface area contributed by atoms with Gasteiger partial charge in [-0.3, -0.25) is 4.79 Å². The molecule has 4 atom stereocenters. The van der Waals surface area contributed by atoms with Crippen LogP contribution in [-0.2, 0) is 9.59 Å². The first kappa shape index (κ1) is 15.1. The van der Waals surface area contributed by atoms with Crippen molar-refractivity contribution in [1.29, 1.82) is 0 Å². The van der Waals surface area contributed by atoms with Crippen LogP contribution in [0.2, 0.25) is 0 Å². The van der Waals surface area contributed by atoms with E-state index in [-0.39, 0.29) is 5.92 Å². The molecular weight excluding hydrogens is 277 g/mol. The van der Waals surface area contributed by atoms with Gasteiger partial charge in [-0.05, 0) is 38.1 Å². The predicted octanol–water partition coefficient (Wildman–Crippen LogP) is 0.896. The van der Waals surface area contributed by atoms with E-state index >= 15 is 0 Å². The van der Waals surface area contributed by atoms with Crippen molar-refractivity contribution in [3.63, 3.8) is 0 Å². The highest BCUT2D eigenvalue weighted by molar-refractivity contribution is 5.90. The van der Waals surface area contributed by atoms with Crippen LogP contribution in [0.1, 0.15) is 26.2 Å². The molecule has 2 aliphatic rings. The number of carboxylic acid groups (broad SMARTS) is 1. The van der Waals surface area contributed by atoms with Gasteiger partial charge < -0.3 is 15.7 Å². The molecule has 1 aliphatic carbocycles. The van der Waals surface area contributed by atoms with E-state index in [0.717, 1.165) is 19.3 Å². The molecule has 114 valence electrons. The van der Waals surface area contributed by atoms with E-state index in [1.165, 1.54) is 0 Å². The number of halogens is 3. The van der Waals surface area contributed by atoms with E-state index in [2.05, 4.69) is 5.32 Å². The number of carboxylic acids is 1. The first-order valence-corrected chi connectivity index (χ1v) is 6.52. The Bertz CT molecular complexity index is 427. The first-order chi connectivity index (χ1) is 9.17. The maximum absolute atomic E-state index is 12.9. The molecule has 4 unspecified atom stereocenters. The van der Waals surface area contributed by atoms with E-state index in [1.54, 1.807) is 5.32 Å². The number of amides is 1. The van der Waals surface area contributed by atoms with Crippen molar-refractivity contribution in [3.8, 4) is 0 Å². The van der Waals surface area contributed by atoms with Crippen LogP contribution < -0.4 is 10.6 Å². The number of hydrogen-bond donors (Lipinski definition) is 3. The van der Waals surface area contributed by atoms with Gasteiger partial charge in [0.05, 0.1) is 6.04 Å². The largest absolute Gasteiger partial charge is 0.479 e. The summed E-state index contributed by atoms with van der Waals surface area (Å²) in [7, 11) is 0. The summed E-state index contributed by atoms with van der Waals surface area (Å²) in [4.78, 5) is 22.9. The van der Waals surface area contributed by atoms with Crippen LogP contribution in [0, 0.1) is 11.8 Å². The predicted molar refractivity (Wildman–Crippen MR) is 62.9 cm³/mol. The Kier molecular flexibility index (Phi) is 3.70. The van der Waals surface area contributed by atoms with Crippen molar-refractivity contribution in [2.75, 3.05) is 6.54 Å². The minimum Gasteiger partial charge on any atom is -0.479 e. The second-order valence-corrected chi connectivity index (χ2v) is 5.66. The molecule has 0 aromatic carbocycles. The Hall–Kier alpha value is -1.31. The van der Waals surface area contributed by atoms with Gasteiger partial charge in [0.1, 0.15) is 0 Å². The number of carbonyl (C=O) groups is 2. The summed E-state index contributed by atoms with van der Waals surface area (Å²) in [6, 6.07) is -0.733. The summed E-state index contributed by atoms with van der Waals surface area (Å²) in [6.07, 6.45) is -2.36. The number of carbonyl (C=O) groups excluding carboxylic acids is 1. The fourth-order valence-corrected chi connectivity index (χ4v) is 3.04. The molecule has 0 spiro atoms. The Balaban J connectivity index is 2.12. The van der Waals surface area contributed by atoms with E-state index < -0.39 is 29.6 Å². The van der Waals surface area contributed by atoms with Crippen molar-refractivity contribution in [1.82, 2.24) is 10.6 Å². The molecule has 1 aliphatic heterocycles. The molecular formula is C12H17F3N2O3. The third kappa shape index (κ3) is 2.36. The number of hydrogen-bond acceptors (Lipinski definition) is 3. The molecule has 0 aromatic rings. The third-order valence-electron chi connectivity index (χ3n) is 4.40. The molecule has 3 N–H and O–H groups in total. The number of alkyl halides is 3. The van der Waals surface area contributed by atoms with Crippen LogP contribution in [0.5, 0.6) is 0 Å². The van der Waals surface area contributed by atoms with Crippen LogP contribution in [0.4, 0.5) is 13.2 Å². The van der Waals surface area contributed by atoms with E-state index in [4.69, 9.17) is 5.11 Å². The van der Waals surface area contributed by atoms with Crippen molar-refractivity contribution >= 4 is 11.9 Å². The maximum atomic E-state index is 12.9. The standard InChI is InChI=1S/C12H17F3N2O3/c1-11(10(19)20,12(13,14)15)17-9(18)8-7-4-2-3-6(7)5-16-8/h6-8,16H,2-5H2,1H3,(H,17,18)(H,19,20). The van der Waals surface area contributed by atoms with E-state index in [1.807, 2.05) is 0 Å². The minimum atomic E-state index is -5.05. The van der Waals surface area contributed by atoms with Gasteiger partial charge in [0.25, 0.3) is 0 Å². The van der Waals surface area contributed by atoms with Gasteiger partial charge in [-0.25, -0.2) is 4.79 Å². The van der Waals surface area contributed by atoms with Gasteiger partial charge in [-0.1, -0.05) is 6.42 Å². The molecule has 2 rings (SSSR count). The summed E-state index contributed by atoms with van der Waals surface area (Å²) < 4.78 is 38.6. The highest BCUT2D eigenvalue weighted by Gasteiger charge is 2.59. The number of aliphatic carboxylic acids is 1. The molecule has 1 saturated carbocycles. The summed E-state index contributed by atoms with van der Waals surface area (Å²) in [5.41, 5.74) is -3.26. The molecule has 0 bridgehead atoms. The molecule has 5 nitrogen and oxygen atoms in total. The lowest BCUT2D eigenvalue weighted by atomic mass is 9.92. The summed E-state index contributed by atoms with van der Waals surface area (Å²) in [5, 5.41) is 13.4. The Labute approximate surface area is 113 Å². The van der Waals surface area contributed by atoms with Crippen molar-refractivity contribution in [3.05, 3.63) is 0 Å².